The van der Waals surface area contributed by atoms with Crippen molar-refractivity contribution in [3.63, 3.8) is 0 Å². The van der Waals surface area contributed by atoms with Crippen LogP contribution in [-0.2, 0) is 16.6 Å². The smallest absolute Gasteiger partial charge is 0.293 e. The van der Waals surface area contributed by atoms with Crippen molar-refractivity contribution in [2.45, 2.75) is 11.4 Å². The van der Waals surface area contributed by atoms with Gasteiger partial charge < -0.3 is 10.5 Å². The summed E-state index contributed by atoms with van der Waals surface area (Å²) in [7, 11) is -2.76. The first-order valence-corrected chi connectivity index (χ1v) is 8.90. The zero-order valence-corrected chi connectivity index (χ0v) is 15.7. The van der Waals surface area contributed by atoms with Crippen LogP contribution in [0.1, 0.15) is 5.56 Å². The van der Waals surface area contributed by atoms with E-state index in [1.54, 1.807) is 24.3 Å². The molecule has 0 saturated carbocycles. The molecule has 0 aromatic heterocycles. The molecule has 26 heavy (non-hydrogen) atoms. The van der Waals surface area contributed by atoms with Crippen molar-refractivity contribution in [1.29, 1.82) is 0 Å². The zero-order chi connectivity index (χ0) is 18.4. The molecule has 0 unspecified atom stereocenters. The van der Waals surface area contributed by atoms with Crippen molar-refractivity contribution >= 4 is 28.1 Å². The highest BCUT2D eigenvalue weighted by molar-refractivity contribution is 7.89. The van der Waals surface area contributed by atoms with Gasteiger partial charge in [0.25, 0.3) is 5.69 Å². The van der Waals surface area contributed by atoms with Gasteiger partial charge in [-0.15, -0.1) is 12.4 Å². The molecule has 0 radical (unpaired) electrons. The Morgan fingerprint density at radius 3 is 2.38 bits per heavy atom. The average Bonchev–Trinajstić information content (AvgIpc) is 2.61. The molecule has 0 saturated heterocycles. The number of nitrogens with two attached hydrogens (primary N) is 1. The lowest BCUT2D eigenvalue weighted by atomic mass is 10.2. The maximum atomic E-state index is 13.0. The van der Waals surface area contributed by atoms with Crippen molar-refractivity contribution < 1.29 is 18.1 Å². The zero-order valence-electron chi connectivity index (χ0n) is 14.1. The molecular formula is C16H20ClN3O5S. The van der Waals surface area contributed by atoms with E-state index in [1.165, 1.54) is 19.2 Å². The van der Waals surface area contributed by atoms with Gasteiger partial charge >= 0.3 is 0 Å². The first-order valence-electron chi connectivity index (χ1n) is 7.46. The number of nitro groups is 1. The highest BCUT2D eigenvalue weighted by Crippen LogP contribution is 2.31. The van der Waals surface area contributed by atoms with Crippen molar-refractivity contribution in [3.05, 3.63) is 64.2 Å². The summed E-state index contributed by atoms with van der Waals surface area (Å²) in [6.45, 7) is 0.208. The molecule has 0 aliphatic heterocycles. The molecule has 8 nitrogen and oxygen atoms in total. The first kappa shape index (κ1) is 21.8. The molecule has 0 bridgehead atoms. The largest absolute Gasteiger partial charge is 0.497 e. The standard InChI is InChI=1S/C16H19N3O5S.ClH/c1-24-14-7-8-16(15(11-14)19(20)21)25(22,23)18(10-9-17)12-13-5-3-2-4-6-13;/h2-8,11H,9-10,12,17H2,1H3;1H. The van der Waals surface area contributed by atoms with Crippen molar-refractivity contribution in [2.75, 3.05) is 20.2 Å². The van der Waals surface area contributed by atoms with E-state index in [9.17, 15) is 18.5 Å². The lowest BCUT2D eigenvalue weighted by Crippen LogP contribution is -2.35. The number of hydrogen-bond acceptors (Lipinski definition) is 6. The van der Waals surface area contributed by atoms with E-state index >= 15 is 0 Å². The van der Waals surface area contributed by atoms with Crippen LogP contribution < -0.4 is 10.5 Å². The Hall–Kier alpha value is -2.20. The lowest BCUT2D eigenvalue weighted by Gasteiger charge is -2.21. The average molecular weight is 402 g/mol. The maximum Gasteiger partial charge on any atom is 0.293 e. The Morgan fingerprint density at radius 1 is 1.19 bits per heavy atom. The van der Waals surface area contributed by atoms with E-state index in [0.29, 0.717) is 0 Å². The van der Waals surface area contributed by atoms with Crippen LogP contribution in [0.25, 0.3) is 0 Å². The Labute approximate surface area is 158 Å². The summed E-state index contributed by atoms with van der Waals surface area (Å²) >= 11 is 0. The fourth-order valence-electron chi connectivity index (χ4n) is 2.34. The molecule has 0 amide bonds. The topological polar surface area (TPSA) is 116 Å². The molecule has 10 heteroatoms. The van der Waals surface area contributed by atoms with Crippen molar-refractivity contribution in [3.8, 4) is 5.75 Å². The minimum atomic E-state index is -4.11. The molecule has 0 spiro atoms. The number of nitrogens with zero attached hydrogens (tertiary/aromatic N) is 2. The van der Waals surface area contributed by atoms with E-state index in [4.69, 9.17) is 10.5 Å². The van der Waals surface area contributed by atoms with Gasteiger partial charge in [0.2, 0.25) is 10.0 Å². The predicted molar refractivity (Wildman–Crippen MR) is 100.0 cm³/mol. The van der Waals surface area contributed by atoms with Gasteiger partial charge in [-0.25, -0.2) is 8.42 Å². The molecule has 142 valence electrons. The summed E-state index contributed by atoms with van der Waals surface area (Å²) in [5.41, 5.74) is 5.77. The molecular weight excluding hydrogens is 382 g/mol. The molecule has 0 aliphatic carbocycles. The first-order chi connectivity index (χ1) is 11.9. The van der Waals surface area contributed by atoms with E-state index in [0.717, 1.165) is 15.9 Å². The number of methoxy groups -OCH3 is 1. The van der Waals surface area contributed by atoms with Crippen molar-refractivity contribution in [2.24, 2.45) is 5.73 Å². The third-order valence-electron chi connectivity index (χ3n) is 3.56. The quantitative estimate of drug-likeness (QED) is 0.535. The van der Waals surface area contributed by atoms with Crippen LogP contribution in [0.2, 0.25) is 0 Å². The summed E-state index contributed by atoms with van der Waals surface area (Å²) in [5, 5.41) is 11.3. The molecule has 0 heterocycles. The minimum absolute atomic E-state index is 0. The fourth-order valence-corrected chi connectivity index (χ4v) is 3.92. The van der Waals surface area contributed by atoms with Crippen LogP contribution in [0.15, 0.2) is 53.4 Å². The van der Waals surface area contributed by atoms with Crippen LogP contribution in [0.5, 0.6) is 5.75 Å². The van der Waals surface area contributed by atoms with Crippen LogP contribution in [0, 0.1) is 10.1 Å². The van der Waals surface area contributed by atoms with Gasteiger partial charge in [0, 0.05) is 19.6 Å². The second-order valence-electron chi connectivity index (χ2n) is 5.20. The van der Waals surface area contributed by atoms with Gasteiger partial charge in [-0.2, -0.15) is 4.31 Å². The van der Waals surface area contributed by atoms with E-state index in [-0.39, 0.29) is 42.7 Å². The van der Waals surface area contributed by atoms with Gasteiger partial charge in [0.1, 0.15) is 5.75 Å². The molecule has 0 atom stereocenters. The number of sulfonamides is 1. The van der Waals surface area contributed by atoms with E-state index in [1.807, 2.05) is 6.07 Å². The molecule has 2 aromatic rings. The number of benzene rings is 2. The van der Waals surface area contributed by atoms with Crippen LogP contribution >= 0.6 is 12.4 Å². The highest BCUT2D eigenvalue weighted by atomic mass is 35.5. The maximum absolute atomic E-state index is 13.0. The number of halogens is 1. The van der Waals surface area contributed by atoms with Gasteiger partial charge in [-0.1, -0.05) is 30.3 Å². The SMILES string of the molecule is COc1ccc(S(=O)(=O)N(CCN)Cc2ccccc2)c([N+](=O)[O-])c1.Cl. The van der Waals surface area contributed by atoms with Gasteiger partial charge in [0.05, 0.1) is 18.1 Å². The van der Waals surface area contributed by atoms with Crippen LogP contribution in [0.4, 0.5) is 5.69 Å². The Morgan fingerprint density at radius 2 is 1.85 bits per heavy atom. The molecule has 0 fully saturated rings. The van der Waals surface area contributed by atoms with E-state index < -0.39 is 20.6 Å². The number of rotatable bonds is 8. The van der Waals surface area contributed by atoms with E-state index in [2.05, 4.69) is 0 Å². The third-order valence-corrected chi connectivity index (χ3v) is 5.45. The number of hydrogen-bond donors (Lipinski definition) is 1. The van der Waals surface area contributed by atoms with Gasteiger partial charge in [0.15, 0.2) is 4.90 Å². The Balaban J connectivity index is 0.00000338. The third kappa shape index (κ3) is 4.92. The number of nitro benzene ring substituents is 1. The number of ether oxygens (including phenoxy) is 1. The second kappa shape index (κ2) is 9.48. The summed E-state index contributed by atoms with van der Waals surface area (Å²) in [6.07, 6.45) is 0. The van der Waals surface area contributed by atoms with Crippen molar-refractivity contribution in [1.82, 2.24) is 4.31 Å². The summed E-state index contributed by atoms with van der Waals surface area (Å²) in [5.74, 6) is 0.207. The summed E-state index contributed by atoms with van der Waals surface area (Å²) in [4.78, 5) is 10.2. The molecule has 0 aliphatic rings. The minimum Gasteiger partial charge on any atom is -0.497 e. The monoisotopic (exact) mass is 401 g/mol. The van der Waals surface area contributed by atoms with Gasteiger partial charge in [-0.3, -0.25) is 10.1 Å². The summed E-state index contributed by atoms with van der Waals surface area (Å²) in [6, 6.07) is 12.6. The predicted octanol–water partition coefficient (Wildman–Crippen LogP) is 2.17. The molecule has 2 rings (SSSR count). The van der Waals surface area contributed by atoms with Gasteiger partial charge in [-0.05, 0) is 17.7 Å². The fraction of sp³-hybridized carbons (Fsp3) is 0.250. The second-order valence-corrected chi connectivity index (χ2v) is 7.11. The highest BCUT2D eigenvalue weighted by Gasteiger charge is 2.31. The Bertz CT molecular complexity index is 846. The molecule has 2 N–H and O–H groups in total. The normalized spacial score (nSPS) is 11.0. The van der Waals surface area contributed by atoms with Crippen LogP contribution in [-0.4, -0.2) is 37.8 Å². The summed E-state index contributed by atoms with van der Waals surface area (Å²) < 4.78 is 32.0. The lowest BCUT2D eigenvalue weighted by molar-refractivity contribution is -0.387. The Kier molecular flexibility index (Phi) is 7.97. The molecule has 2 aromatic carbocycles. The van der Waals surface area contributed by atoms with Crippen LogP contribution in [0.3, 0.4) is 0 Å².